The zero-order valence-electron chi connectivity index (χ0n) is 11.0. The number of benzene rings is 1. The Balaban J connectivity index is 2.05. The van der Waals surface area contributed by atoms with Crippen LogP contribution in [0.1, 0.15) is 29.7 Å². The molecule has 0 bridgehead atoms. The minimum Gasteiger partial charge on any atom is -0.338 e. The van der Waals surface area contributed by atoms with Crippen molar-refractivity contribution in [2.75, 3.05) is 12.0 Å². The van der Waals surface area contributed by atoms with E-state index in [0.717, 1.165) is 17.7 Å². The largest absolute Gasteiger partial charge is 0.338 e. The molecule has 0 spiro atoms. The highest BCUT2D eigenvalue weighted by Gasteiger charge is 2.15. The van der Waals surface area contributed by atoms with Crippen LogP contribution in [-0.2, 0) is 6.42 Å². The summed E-state index contributed by atoms with van der Waals surface area (Å²) in [4.78, 5) is 4.26. The van der Waals surface area contributed by atoms with E-state index >= 15 is 0 Å². The van der Waals surface area contributed by atoms with Gasteiger partial charge in [0.05, 0.1) is 6.04 Å². The lowest BCUT2D eigenvalue weighted by atomic mass is 10.1. The van der Waals surface area contributed by atoms with Gasteiger partial charge in [-0.05, 0) is 36.1 Å². The van der Waals surface area contributed by atoms with Crippen LogP contribution in [0.25, 0.3) is 0 Å². The average Bonchev–Trinajstić information content (AvgIpc) is 2.88. The molecule has 0 aliphatic carbocycles. The predicted molar refractivity (Wildman–Crippen MR) is 78.4 cm³/mol. The fourth-order valence-electron chi connectivity index (χ4n) is 1.69. The highest BCUT2D eigenvalue weighted by molar-refractivity contribution is 7.98. The quantitative estimate of drug-likeness (QED) is 0.886. The fourth-order valence-corrected chi connectivity index (χ4v) is 2.42. The third-order valence-electron chi connectivity index (χ3n) is 2.80. The molecule has 1 aromatic heterocycles. The summed E-state index contributed by atoms with van der Waals surface area (Å²) >= 11 is 7.68. The normalized spacial score (nSPS) is 12.6. The topological polar surface area (TPSA) is 64.9 Å². The van der Waals surface area contributed by atoms with Crippen LogP contribution >= 0.6 is 23.4 Å². The van der Waals surface area contributed by atoms with E-state index in [2.05, 4.69) is 10.1 Å². The Morgan fingerprint density at radius 3 is 3.00 bits per heavy atom. The Bertz CT molecular complexity index is 578. The van der Waals surface area contributed by atoms with Crippen LogP contribution in [-0.4, -0.2) is 22.1 Å². The summed E-state index contributed by atoms with van der Waals surface area (Å²) in [5, 5.41) is 4.23. The minimum atomic E-state index is -0.369. The first-order chi connectivity index (χ1) is 9.60. The maximum atomic E-state index is 13.0. The van der Waals surface area contributed by atoms with Crippen LogP contribution in [0, 0.1) is 5.82 Å². The van der Waals surface area contributed by atoms with Gasteiger partial charge in [-0.2, -0.15) is 16.7 Å². The van der Waals surface area contributed by atoms with Gasteiger partial charge < -0.3 is 10.3 Å². The van der Waals surface area contributed by atoms with Crippen molar-refractivity contribution in [1.29, 1.82) is 0 Å². The summed E-state index contributed by atoms with van der Waals surface area (Å²) in [5.74, 6) is 1.48. The number of hydrogen-bond acceptors (Lipinski definition) is 5. The first-order valence-electron chi connectivity index (χ1n) is 6.11. The summed E-state index contributed by atoms with van der Waals surface area (Å²) < 4.78 is 18.1. The molecule has 2 N–H and O–H groups in total. The lowest BCUT2D eigenvalue weighted by Gasteiger charge is -2.03. The molecule has 0 saturated heterocycles. The van der Waals surface area contributed by atoms with Crippen molar-refractivity contribution in [2.45, 2.75) is 18.9 Å². The Morgan fingerprint density at radius 1 is 1.50 bits per heavy atom. The van der Waals surface area contributed by atoms with Crippen LogP contribution in [0.15, 0.2) is 22.7 Å². The molecule has 108 valence electrons. The van der Waals surface area contributed by atoms with Crippen molar-refractivity contribution < 1.29 is 8.91 Å². The van der Waals surface area contributed by atoms with Crippen molar-refractivity contribution in [3.05, 3.63) is 46.3 Å². The molecule has 4 nitrogen and oxygen atoms in total. The molecule has 1 atom stereocenters. The van der Waals surface area contributed by atoms with Gasteiger partial charge in [0.25, 0.3) is 0 Å². The first kappa shape index (κ1) is 15.3. The molecule has 0 fully saturated rings. The third kappa shape index (κ3) is 3.94. The second-order valence-electron chi connectivity index (χ2n) is 4.35. The van der Waals surface area contributed by atoms with E-state index in [-0.39, 0.29) is 11.9 Å². The third-order valence-corrected chi connectivity index (χ3v) is 3.79. The molecule has 0 saturated carbocycles. The molecule has 0 amide bonds. The number of hydrogen-bond donors (Lipinski definition) is 1. The molecule has 1 aromatic carbocycles. The second kappa shape index (κ2) is 7.06. The van der Waals surface area contributed by atoms with Crippen LogP contribution in [0.4, 0.5) is 4.39 Å². The smallest absolute Gasteiger partial charge is 0.243 e. The summed E-state index contributed by atoms with van der Waals surface area (Å²) in [7, 11) is 0. The Kier molecular flexibility index (Phi) is 5.39. The van der Waals surface area contributed by atoms with Gasteiger partial charge in [0.1, 0.15) is 5.82 Å². The van der Waals surface area contributed by atoms with E-state index < -0.39 is 0 Å². The van der Waals surface area contributed by atoms with E-state index in [4.69, 9.17) is 21.9 Å². The molecular formula is C13H15ClFN3OS. The standard InChI is InChI=1S/C13H15ClFN3OS/c1-20-5-4-11(16)13-17-12(18-19-13)6-8-2-3-9(15)7-10(8)14/h2-3,7,11H,4-6,16H2,1H3. The van der Waals surface area contributed by atoms with E-state index in [1.54, 1.807) is 17.8 Å². The number of rotatable bonds is 6. The predicted octanol–water partition coefficient (Wildman–Crippen LogP) is 3.21. The van der Waals surface area contributed by atoms with Crippen molar-refractivity contribution >= 4 is 23.4 Å². The molecule has 1 heterocycles. The van der Waals surface area contributed by atoms with Crippen LogP contribution in [0.2, 0.25) is 5.02 Å². The van der Waals surface area contributed by atoms with Crippen molar-refractivity contribution in [3.63, 3.8) is 0 Å². The van der Waals surface area contributed by atoms with E-state index in [0.29, 0.717) is 23.2 Å². The van der Waals surface area contributed by atoms with Gasteiger partial charge in [0.15, 0.2) is 5.82 Å². The Morgan fingerprint density at radius 2 is 2.30 bits per heavy atom. The lowest BCUT2D eigenvalue weighted by molar-refractivity contribution is 0.349. The second-order valence-corrected chi connectivity index (χ2v) is 5.74. The Labute approximate surface area is 125 Å². The molecule has 7 heteroatoms. The van der Waals surface area contributed by atoms with Crippen molar-refractivity contribution in [3.8, 4) is 0 Å². The number of aromatic nitrogens is 2. The van der Waals surface area contributed by atoms with Crippen molar-refractivity contribution in [2.24, 2.45) is 5.73 Å². The maximum Gasteiger partial charge on any atom is 0.243 e. The van der Waals surface area contributed by atoms with Gasteiger partial charge in [-0.3, -0.25) is 0 Å². The monoisotopic (exact) mass is 315 g/mol. The van der Waals surface area contributed by atoms with Gasteiger partial charge in [-0.15, -0.1) is 0 Å². The van der Waals surface area contributed by atoms with E-state index in [9.17, 15) is 4.39 Å². The van der Waals surface area contributed by atoms with Crippen molar-refractivity contribution in [1.82, 2.24) is 10.1 Å². The lowest BCUT2D eigenvalue weighted by Crippen LogP contribution is -2.11. The number of nitrogens with two attached hydrogens (primary N) is 1. The number of thioether (sulfide) groups is 1. The molecule has 0 aliphatic heterocycles. The highest BCUT2D eigenvalue weighted by atomic mass is 35.5. The SMILES string of the molecule is CSCCC(N)c1nc(Cc2ccc(F)cc2Cl)no1. The van der Waals surface area contributed by atoms with Gasteiger partial charge in [0, 0.05) is 11.4 Å². The Hall–Kier alpha value is -1.11. The molecule has 20 heavy (non-hydrogen) atoms. The summed E-state index contributed by atoms with van der Waals surface area (Å²) in [6, 6.07) is 3.97. The number of nitrogens with zero attached hydrogens (tertiary/aromatic N) is 2. The molecule has 0 radical (unpaired) electrons. The van der Waals surface area contributed by atoms with E-state index in [1.807, 2.05) is 6.26 Å². The van der Waals surface area contributed by atoms with Crippen LogP contribution in [0.5, 0.6) is 0 Å². The van der Waals surface area contributed by atoms with Gasteiger partial charge in [0.2, 0.25) is 5.89 Å². The highest BCUT2D eigenvalue weighted by Crippen LogP contribution is 2.20. The molecular weight excluding hydrogens is 301 g/mol. The van der Waals surface area contributed by atoms with Gasteiger partial charge in [-0.1, -0.05) is 22.8 Å². The molecule has 2 aromatic rings. The van der Waals surface area contributed by atoms with Gasteiger partial charge in [-0.25, -0.2) is 4.39 Å². The minimum absolute atomic E-state index is 0.257. The fraction of sp³-hybridized carbons (Fsp3) is 0.385. The van der Waals surface area contributed by atoms with E-state index in [1.165, 1.54) is 12.1 Å². The summed E-state index contributed by atoms with van der Waals surface area (Å²) in [5.41, 5.74) is 6.70. The first-order valence-corrected chi connectivity index (χ1v) is 7.88. The van der Waals surface area contributed by atoms with Gasteiger partial charge >= 0.3 is 0 Å². The van der Waals surface area contributed by atoms with Crippen LogP contribution < -0.4 is 5.73 Å². The molecule has 0 aliphatic rings. The zero-order valence-corrected chi connectivity index (χ0v) is 12.5. The number of halogens is 2. The molecule has 1 unspecified atom stereocenters. The summed E-state index contributed by atoms with van der Waals surface area (Å²) in [6.07, 6.45) is 3.18. The van der Waals surface area contributed by atoms with Crippen LogP contribution in [0.3, 0.4) is 0 Å². The average molecular weight is 316 g/mol. The zero-order chi connectivity index (χ0) is 14.5. The molecule has 2 rings (SSSR count). The summed E-state index contributed by atoms with van der Waals surface area (Å²) in [6.45, 7) is 0. The maximum absolute atomic E-state index is 13.0.